The Bertz CT molecular complexity index is 651. The number of nitrogens with zero attached hydrogens (tertiary/aromatic N) is 1. The van der Waals surface area contributed by atoms with Crippen LogP contribution in [0.3, 0.4) is 0 Å². The Balaban J connectivity index is 2.24. The van der Waals surface area contributed by atoms with Crippen LogP contribution in [0.2, 0.25) is 0 Å². The van der Waals surface area contributed by atoms with Gasteiger partial charge in [0.2, 0.25) is 5.78 Å². The number of Topliss-reactive ketones (excluding diaryl/α,β-unsaturated/α-hetero) is 1. The van der Waals surface area contributed by atoms with Gasteiger partial charge in [-0.2, -0.15) is 0 Å². The standard InChI is InChI=1S/C21H26NO/c1-16-15-21(18-11-7-5-8-12-18,19-13-9-6-10-14-19)20(23)17(2)22(16,3)4/h5-14,16-17H,15H2,1-4H3/q+1/t16-,17+/m1/s1. The molecule has 2 heteroatoms. The highest BCUT2D eigenvalue weighted by atomic mass is 16.1. The molecule has 0 aliphatic carbocycles. The third-order valence-electron chi connectivity index (χ3n) is 6.07. The van der Waals surface area contributed by atoms with Crippen molar-refractivity contribution in [3.8, 4) is 0 Å². The first-order valence-electron chi connectivity index (χ1n) is 8.39. The average Bonchev–Trinajstić information content (AvgIpc) is 2.58. The fourth-order valence-electron chi connectivity index (χ4n) is 3.95. The van der Waals surface area contributed by atoms with Gasteiger partial charge in [0, 0.05) is 6.42 Å². The van der Waals surface area contributed by atoms with Crippen LogP contribution in [-0.2, 0) is 10.2 Å². The van der Waals surface area contributed by atoms with E-state index in [2.05, 4.69) is 52.2 Å². The van der Waals surface area contributed by atoms with Crippen LogP contribution >= 0.6 is 0 Å². The predicted octanol–water partition coefficient (Wildman–Crippen LogP) is 3.80. The lowest BCUT2D eigenvalue weighted by atomic mass is 9.63. The normalized spacial score (nSPS) is 26.0. The van der Waals surface area contributed by atoms with Crippen molar-refractivity contribution in [2.24, 2.45) is 0 Å². The van der Waals surface area contributed by atoms with Crippen molar-refractivity contribution in [2.75, 3.05) is 14.1 Å². The Morgan fingerprint density at radius 3 is 1.74 bits per heavy atom. The smallest absolute Gasteiger partial charge is 0.204 e. The highest BCUT2D eigenvalue weighted by molar-refractivity contribution is 5.97. The highest BCUT2D eigenvalue weighted by Crippen LogP contribution is 2.45. The fraction of sp³-hybridized carbons (Fsp3) is 0.381. The van der Waals surface area contributed by atoms with Gasteiger partial charge in [0.05, 0.1) is 25.6 Å². The number of hydrogen-bond acceptors (Lipinski definition) is 1. The molecular formula is C21H26NO+. The van der Waals surface area contributed by atoms with E-state index in [0.717, 1.165) is 22.0 Å². The van der Waals surface area contributed by atoms with Crippen molar-refractivity contribution in [1.82, 2.24) is 0 Å². The average molecular weight is 308 g/mol. The minimum atomic E-state index is -0.533. The molecule has 120 valence electrons. The van der Waals surface area contributed by atoms with E-state index >= 15 is 0 Å². The molecule has 0 N–H and O–H groups in total. The molecule has 0 unspecified atom stereocenters. The molecule has 0 radical (unpaired) electrons. The highest BCUT2D eigenvalue weighted by Gasteiger charge is 2.55. The van der Waals surface area contributed by atoms with Gasteiger partial charge in [-0.15, -0.1) is 0 Å². The molecule has 2 atom stereocenters. The molecule has 0 bridgehead atoms. The van der Waals surface area contributed by atoms with Crippen LogP contribution in [0.4, 0.5) is 0 Å². The Morgan fingerprint density at radius 2 is 1.30 bits per heavy atom. The molecule has 1 saturated heterocycles. The lowest BCUT2D eigenvalue weighted by Crippen LogP contribution is -2.67. The second-order valence-electron chi connectivity index (χ2n) is 7.36. The molecule has 2 nitrogen and oxygen atoms in total. The van der Waals surface area contributed by atoms with E-state index < -0.39 is 5.41 Å². The van der Waals surface area contributed by atoms with E-state index in [-0.39, 0.29) is 6.04 Å². The molecular weight excluding hydrogens is 282 g/mol. The van der Waals surface area contributed by atoms with Gasteiger partial charge in [-0.05, 0) is 25.0 Å². The van der Waals surface area contributed by atoms with Gasteiger partial charge in [-0.25, -0.2) is 0 Å². The second kappa shape index (κ2) is 5.61. The van der Waals surface area contributed by atoms with Crippen LogP contribution in [0, 0.1) is 0 Å². The second-order valence-corrected chi connectivity index (χ2v) is 7.36. The maximum Gasteiger partial charge on any atom is 0.204 e. The quantitative estimate of drug-likeness (QED) is 0.771. The minimum absolute atomic E-state index is 0.0286. The molecule has 1 heterocycles. The molecule has 2 aromatic rings. The Kier molecular flexibility index (Phi) is 3.89. The van der Waals surface area contributed by atoms with Crippen molar-refractivity contribution in [3.63, 3.8) is 0 Å². The molecule has 0 spiro atoms. The van der Waals surface area contributed by atoms with E-state index in [4.69, 9.17) is 0 Å². The van der Waals surface area contributed by atoms with Crippen molar-refractivity contribution >= 4 is 5.78 Å². The van der Waals surface area contributed by atoms with E-state index in [1.165, 1.54) is 0 Å². The van der Waals surface area contributed by atoms with Crippen molar-refractivity contribution in [3.05, 3.63) is 71.8 Å². The zero-order valence-electron chi connectivity index (χ0n) is 14.5. The number of rotatable bonds is 2. The molecule has 1 aliphatic heterocycles. The van der Waals surface area contributed by atoms with Gasteiger partial charge < -0.3 is 4.48 Å². The van der Waals surface area contributed by atoms with Crippen molar-refractivity contribution in [2.45, 2.75) is 37.8 Å². The van der Waals surface area contributed by atoms with Crippen LogP contribution < -0.4 is 0 Å². The van der Waals surface area contributed by atoms with E-state index in [1.54, 1.807) is 0 Å². The summed E-state index contributed by atoms with van der Waals surface area (Å²) in [5.41, 5.74) is 1.71. The zero-order chi connectivity index (χ0) is 16.7. The summed E-state index contributed by atoms with van der Waals surface area (Å²) in [5, 5.41) is 0. The predicted molar refractivity (Wildman–Crippen MR) is 94.3 cm³/mol. The largest absolute Gasteiger partial charge is 0.318 e. The monoisotopic (exact) mass is 308 g/mol. The first kappa shape index (κ1) is 15.9. The van der Waals surface area contributed by atoms with Gasteiger partial charge in [0.25, 0.3) is 0 Å². The van der Waals surface area contributed by atoms with Gasteiger partial charge >= 0.3 is 0 Å². The van der Waals surface area contributed by atoms with Crippen molar-refractivity contribution in [1.29, 1.82) is 0 Å². The molecule has 3 rings (SSSR count). The number of carbonyl (C=O) groups is 1. The van der Waals surface area contributed by atoms with Gasteiger partial charge in [-0.3, -0.25) is 4.79 Å². The van der Waals surface area contributed by atoms with E-state index in [0.29, 0.717) is 11.8 Å². The summed E-state index contributed by atoms with van der Waals surface area (Å²) in [5.74, 6) is 0.331. The van der Waals surface area contributed by atoms with Crippen LogP contribution in [0.15, 0.2) is 60.7 Å². The summed E-state index contributed by atoms with van der Waals surface area (Å²) in [6.45, 7) is 4.35. The lowest BCUT2D eigenvalue weighted by molar-refractivity contribution is -0.930. The first-order valence-corrected chi connectivity index (χ1v) is 8.39. The zero-order valence-corrected chi connectivity index (χ0v) is 14.5. The van der Waals surface area contributed by atoms with Gasteiger partial charge in [0.1, 0.15) is 6.04 Å². The third kappa shape index (κ3) is 2.33. The van der Waals surface area contributed by atoms with E-state index in [9.17, 15) is 4.79 Å². The topological polar surface area (TPSA) is 17.1 Å². The number of likely N-dealkylation sites (N-methyl/N-ethyl adjacent to an activating group) is 1. The fourth-order valence-corrected chi connectivity index (χ4v) is 3.95. The minimum Gasteiger partial charge on any atom is -0.318 e. The summed E-state index contributed by atoms with van der Waals surface area (Å²) in [7, 11) is 4.35. The summed E-state index contributed by atoms with van der Waals surface area (Å²) in [6, 6.07) is 21.0. The Morgan fingerprint density at radius 1 is 0.870 bits per heavy atom. The first-order chi connectivity index (χ1) is 10.9. The number of piperidine rings is 1. The third-order valence-corrected chi connectivity index (χ3v) is 6.07. The lowest BCUT2D eigenvalue weighted by Gasteiger charge is -2.51. The summed E-state index contributed by atoms with van der Waals surface area (Å²) in [4.78, 5) is 13.6. The number of quaternary nitrogens is 1. The SMILES string of the molecule is C[C@@H]1CC(c2ccccc2)(c2ccccc2)C(=O)[C@H](C)[N+]1(C)C. The van der Waals surface area contributed by atoms with Crippen LogP contribution in [0.5, 0.6) is 0 Å². The van der Waals surface area contributed by atoms with Gasteiger partial charge in [-0.1, -0.05) is 60.7 Å². The van der Waals surface area contributed by atoms with Crippen LogP contribution in [-0.4, -0.2) is 36.4 Å². The van der Waals surface area contributed by atoms with Gasteiger partial charge in [0.15, 0.2) is 0 Å². The Labute approximate surface area is 139 Å². The molecule has 23 heavy (non-hydrogen) atoms. The summed E-state index contributed by atoms with van der Waals surface area (Å²) < 4.78 is 0.750. The van der Waals surface area contributed by atoms with Crippen LogP contribution in [0.1, 0.15) is 31.4 Å². The number of benzene rings is 2. The Hall–Kier alpha value is -1.93. The number of ketones is 1. The maximum atomic E-state index is 13.6. The molecule has 2 aromatic carbocycles. The van der Waals surface area contributed by atoms with Crippen molar-refractivity contribution < 1.29 is 9.28 Å². The molecule has 0 saturated carbocycles. The molecule has 1 aliphatic rings. The van der Waals surface area contributed by atoms with Crippen LogP contribution in [0.25, 0.3) is 0 Å². The molecule has 1 fully saturated rings. The number of likely N-dealkylation sites (tertiary alicyclic amines) is 1. The molecule has 0 aromatic heterocycles. The number of hydrogen-bond donors (Lipinski definition) is 0. The van der Waals surface area contributed by atoms with E-state index in [1.807, 2.05) is 36.4 Å². The molecule has 0 amide bonds. The number of carbonyl (C=O) groups excluding carboxylic acids is 1. The summed E-state index contributed by atoms with van der Waals surface area (Å²) in [6.07, 6.45) is 0.844. The summed E-state index contributed by atoms with van der Waals surface area (Å²) >= 11 is 0. The maximum absolute atomic E-state index is 13.6.